The molecule has 0 aliphatic carbocycles. The van der Waals surface area contributed by atoms with E-state index < -0.39 is 14.9 Å². The molecule has 114 valence electrons. The lowest BCUT2D eigenvalue weighted by Gasteiger charge is -2.10. The lowest BCUT2D eigenvalue weighted by Crippen LogP contribution is -2.28. The second kappa shape index (κ2) is 5.66. The van der Waals surface area contributed by atoms with Crippen molar-refractivity contribution in [2.24, 2.45) is 0 Å². The molecule has 0 aliphatic rings. The predicted molar refractivity (Wildman–Crippen MR) is 76.6 cm³/mol. The summed E-state index contributed by atoms with van der Waals surface area (Å²) in [6.45, 7) is 0.120. The van der Waals surface area contributed by atoms with Gasteiger partial charge in [-0.2, -0.15) is 4.98 Å². The number of rotatable bonds is 6. The molecule has 0 radical (unpaired) electrons. The molecule has 0 fully saturated rings. The fourth-order valence-corrected chi connectivity index (χ4v) is 2.30. The molecule has 0 unspecified atom stereocenters. The topological polar surface area (TPSA) is 119 Å². The van der Waals surface area contributed by atoms with Crippen LogP contribution in [0.2, 0.25) is 0 Å². The number of nitrogens with zero attached hydrogens (tertiary/aromatic N) is 3. The molecule has 0 bridgehead atoms. The summed E-state index contributed by atoms with van der Waals surface area (Å²) in [4.78, 5) is 14.2. The first-order chi connectivity index (χ1) is 9.79. The van der Waals surface area contributed by atoms with Crippen LogP contribution in [-0.2, 0) is 10.0 Å². The van der Waals surface area contributed by atoms with E-state index in [9.17, 15) is 18.5 Å². The first-order valence-corrected chi connectivity index (χ1v) is 7.59. The van der Waals surface area contributed by atoms with Gasteiger partial charge in [0.1, 0.15) is 5.52 Å². The third kappa shape index (κ3) is 3.47. The molecule has 1 aromatic carbocycles. The van der Waals surface area contributed by atoms with Crippen LogP contribution in [0.5, 0.6) is 0 Å². The molecule has 10 heteroatoms. The van der Waals surface area contributed by atoms with E-state index in [4.69, 9.17) is 4.42 Å². The van der Waals surface area contributed by atoms with Crippen LogP contribution in [0.15, 0.2) is 22.6 Å². The summed E-state index contributed by atoms with van der Waals surface area (Å²) in [5, 5.41) is 13.4. The van der Waals surface area contributed by atoms with E-state index in [1.165, 1.54) is 32.3 Å². The lowest BCUT2D eigenvalue weighted by molar-refractivity contribution is -0.384. The van der Waals surface area contributed by atoms with Gasteiger partial charge < -0.3 is 9.73 Å². The van der Waals surface area contributed by atoms with Crippen molar-refractivity contribution in [3.05, 3.63) is 28.3 Å². The molecule has 2 aromatic rings. The molecule has 0 saturated heterocycles. The average molecular weight is 314 g/mol. The Hall–Kier alpha value is -2.20. The van der Waals surface area contributed by atoms with Gasteiger partial charge in [0.2, 0.25) is 10.0 Å². The van der Waals surface area contributed by atoms with Crippen molar-refractivity contribution in [1.29, 1.82) is 0 Å². The predicted octanol–water partition coefficient (Wildman–Crippen LogP) is 1.04. The zero-order valence-corrected chi connectivity index (χ0v) is 12.3. The van der Waals surface area contributed by atoms with Crippen LogP contribution in [0.4, 0.5) is 11.7 Å². The molecule has 0 spiro atoms. The van der Waals surface area contributed by atoms with E-state index in [1.807, 2.05) is 0 Å². The number of anilines is 1. The Morgan fingerprint density at radius 2 is 2.14 bits per heavy atom. The summed E-state index contributed by atoms with van der Waals surface area (Å²) >= 11 is 0. The third-order valence-corrected chi connectivity index (χ3v) is 4.61. The Morgan fingerprint density at radius 3 is 2.76 bits per heavy atom. The SMILES string of the molecule is CN(C)S(=O)(=O)CCNc1nc2cc([N+](=O)[O-])ccc2o1. The minimum absolute atomic E-state index is 0.0856. The third-order valence-electron chi connectivity index (χ3n) is 2.77. The summed E-state index contributed by atoms with van der Waals surface area (Å²) in [5.41, 5.74) is 0.637. The Bertz CT molecular complexity index is 768. The molecule has 0 saturated carbocycles. The van der Waals surface area contributed by atoms with Gasteiger partial charge in [0.25, 0.3) is 11.7 Å². The van der Waals surface area contributed by atoms with Crippen molar-refractivity contribution in [2.45, 2.75) is 0 Å². The van der Waals surface area contributed by atoms with Crippen molar-refractivity contribution < 1.29 is 17.8 Å². The highest BCUT2D eigenvalue weighted by Crippen LogP contribution is 2.23. The zero-order valence-electron chi connectivity index (χ0n) is 11.4. The maximum absolute atomic E-state index is 11.6. The number of benzene rings is 1. The van der Waals surface area contributed by atoms with Gasteiger partial charge in [-0.15, -0.1) is 0 Å². The number of aromatic nitrogens is 1. The van der Waals surface area contributed by atoms with Crippen molar-refractivity contribution >= 4 is 32.8 Å². The number of sulfonamides is 1. The highest BCUT2D eigenvalue weighted by molar-refractivity contribution is 7.89. The minimum Gasteiger partial charge on any atom is -0.424 e. The number of nitro groups is 1. The van der Waals surface area contributed by atoms with Crippen molar-refractivity contribution in [1.82, 2.24) is 9.29 Å². The van der Waals surface area contributed by atoms with Crippen molar-refractivity contribution in [3.63, 3.8) is 0 Å². The van der Waals surface area contributed by atoms with Crippen LogP contribution in [0, 0.1) is 10.1 Å². The first kappa shape index (κ1) is 15.2. The quantitative estimate of drug-likeness (QED) is 0.625. The minimum atomic E-state index is -3.30. The van der Waals surface area contributed by atoms with Crippen LogP contribution in [0.3, 0.4) is 0 Å². The molecule has 1 aromatic heterocycles. The van der Waals surface area contributed by atoms with E-state index in [1.54, 1.807) is 0 Å². The molecule has 0 atom stereocenters. The molecule has 0 amide bonds. The maximum Gasteiger partial charge on any atom is 0.295 e. The zero-order chi connectivity index (χ0) is 15.6. The van der Waals surface area contributed by atoms with Crippen LogP contribution in [0.1, 0.15) is 0 Å². The average Bonchev–Trinajstić information content (AvgIpc) is 2.79. The molecule has 21 heavy (non-hydrogen) atoms. The van der Waals surface area contributed by atoms with Gasteiger partial charge in [-0.3, -0.25) is 10.1 Å². The summed E-state index contributed by atoms with van der Waals surface area (Å²) in [6, 6.07) is 4.18. The van der Waals surface area contributed by atoms with Crippen LogP contribution < -0.4 is 5.32 Å². The van der Waals surface area contributed by atoms with E-state index in [0.717, 1.165) is 4.31 Å². The van der Waals surface area contributed by atoms with Crippen LogP contribution in [0.25, 0.3) is 11.1 Å². The van der Waals surface area contributed by atoms with Crippen LogP contribution in [-0.4, -0.2) is 49.0 Å². The summed E-state index contributed by atoms with van der Waals surface area (Å²) in [7, 11) is -0.400. The largest absolute Gasteiger partial charge is 0.424 e. The molecule has 2 rings (SSSR count). The highest BCUT2D eigenvalue weighted by atomic mass is 32.2. The maximum atomic E-state index is 11.6. The number of hydrogen-bond acceptors (Lipinski definition) is 7. The highest BCUT2D eigenvalue weighted by Gasteiger charge is 2.15. The molecule has 1 heterocycles. The number of non-ortho nitro benzene ring substituents is 1. The molecular weight excluding hydrogens is 300 g/mol. The fourth-order valence-electron chi connectivity index (χ4n) is 1.57. The monoisotopic (exact) mass is 314 g/mol. The fraction of sp³-hybridized carbons (Fsp3) is 0.364. The number of nitrogens with one attached hydrogen (secondary N) is 1. The Balaban J connectivity index is 2.08. The van der Waals surface area contributed by atoms with E-state index in [-0.39, 0.29) is 24.0 Å². The first-order valence-electron chi connectivity index (χ1n) is 5.98. The van der Waals surface area contributed by atoms with Crippen molar-refractivity contribution in [2.75, 3.05) is 31.7 Å². The Labute approximate surface area is 120 Å². The lowest BCUT2D eigenvalue weighted by atomic mass is 10.3. The number of fused-ring (bicyclic) bond motifs is 1. The van der Waals surface area contributed by atoms with Gasteiger partial charge in [-0.25, -0.2) is 12.7 Å². The second-order valence-corrected chi connectivity index (χ2v) is 6.76. The number of hydrogen-bond donors (Lipinski definition) is 1. The van der Waals surface area contributed by atoms with E-state index in [2.05, 4.69) is 10.3 Å². The number of oxazole rings is 1. The summed E-state index contributed by atoms with van der Waals surface area (Å²) in [5.74, 6) is -0.112. The van der Waals surface area contributed by atoms with E-state index >= 15 is 0 Å². The van der Waals surface area contributed by atoms with Gasteiger partial charge in [0, 0.05) is 32.8 Å². The van der Waals surface area contributed by atoms with Gasteiger partial charge in [-0.1, -0.05) is 0 Å². The molecule has 0 aliphatic heterocycles. The van der Waals surface area contributed by atoms with Gasteiger partial charge in [0.15, 0.2) is 5.58 Å². The Morgan fingerprint density at radius 1 is 1.43 bits per heavy atom. The smallest absolute Gasteiger partial charge is 0.295 e. The van der Waals surface area contributed by atoms with Crippen LogP contribution >= 0.6 is 0 Å². The van der Waals surface area contributed by atoms with Gasteiger partial charge in [0.05, 0.1) is 10.7 Å². The van der Waals surface area contributed by atoms with Gasteiger partial charge >= 0.3 is 0 Å². The Kier molecular flexibility index (Phi) is 4.09. The summed E-state index contributed by atoms with van der Waals surface area (Å²) in [6.07, 6.45) is 0. The van der Waals surface area contributed by atoms with E-state index in [0.29, 0.717) is 11.1 Å². The van der Waals surface area contributed by atoms with Crippen molar-refractivity contribution in [3.8, 4) is 0 Å². The standard InChI is InChI=1S/C11H14N4O5S/c1-14(2)21(18,19)6-5-12-11-13-9-7-8(15(16)17)3-4-10(9)20-11/h3-4,7H,5-6H2,1-2H3,(H,12,13). The second-order valence-electron chi connectivity index (χ2n) is 4.45. The number of nitro benzene ring substituents is 1. The molecular formula is C11H14N4O5S. The molecule has 9 nitrogen and oxygen atoms in total. The molecule has 1 N–H and O–H groups in total. The normalized spacial score (nSPS) is 12.0. The summed E-state index contributed by atoms with van der Waals surface area (Å²) < 4.78 is 29.6. The van der Waals surface area contributed by atoms with Gasteiger partial charge in [-0.05, 0) is 6.07 Å².